The smallest absolute Gasteiger partial charge is 0.412 e. The van der Waals surface area contributed by atoms with Crippen LogP contribution in [0.1, 0.15) is 25.6 Å². The van der Waals surface area contributed by atoms with E-state index in [0.29, 0.717) is 5.69 Å². The zero-order valence-corrected chi connectivity index (χ0v) is 9.85. The Morgan fingerprint density at radius 3 is 2.80 bits per heavy atom. The van der Waals surface area contributed by atoms with Gasteiger partial charge in [-0.1, -0.05) is 0 Å². The van der Waals surface area contributed by atoms with E-state index in [2.05, 4.69) is 5.32 Å². The first-order valence-electron chi connectivity index (χ1n) is 4.59. The monoisotopic (exact) mass is 229 g/mol. The third-order valence-corrected chi connectivity index (χ3v) is 2.43. The van der Waals surface area contributed by atoms with Gasteiger partial charge in [0.1, 0.15) is 5.60 Å². The average Bonchev–Trinajstić information content (AvgIpc) is 2.48. The number of anilines is 1. The van der Waals surface area contributed by atoms with Crippen LogP contribution >= 0.6 is 11.3 Å². The van der Waals surface area contributed by atoms with Gasteiger partial charge in [-0.2, -0.15) is 0 Å². The summed E-state index contributed by atoms with van der Waals surface area (Å²) < 4.78 is 5.08. The molecule has 84 valence electrons. The fourth-order valence-corrected chi connectivity index (χ4v) is 1.68. The number of aliphatic hydroxyl groups is 1. The van der Waals surface area contributed by atoms with Crippen molar-refractivity contribution in [2.45, 2.75) is 33.0 Å². The normalized spacial score (nSPS) is 11.2. The van der Waals surface area contributed by atoms with Gasteiger partial charge < -0.3 is 9.84 Å². The maximum Gasteiger partial charge on any atom is 0.412 e. The van der Waals surface area contributed by atoms with Gasteiger partial charge in [0.2, 0.25) is 0 Å². The molecule has 5 heteroatoms. The van der Waals surface area contributed by atoms with Crippen LogP contribution in [0.15, 0.2) is 11.4 Å². The Morgan fingerprint density at radius 1 is 1.60 bits per heavy atom. The first-order chi connectivity index (χ1) is 6.92. The molecular weight excluding hydrogens is 214 g/mol. The van der Waals surface area contributed by atoms with Crippen LogP contribution in [0, 0.1) is 0 Å². The standard InChI is InChI=1S/C10H15NO3S/c1-10(2,3)14-9(13)11-7-4-5-15-8(7)6-12/h4-5,12H,6H2,1-3H3,(H,11,13). The van der Waals surface area contributed by atoms with Crippen LogP contribution in [0.2, 0.25) is 0 Å². The number of thiophene rings is 1. The van der Waals surface area contributed by atoms with E-state index in [0.717, 1.165) is 4.88 Å². The highest BCUT2D eigenvalue weighted by atomic mass is 32.1. The van der Waals surface area contributed by atoms with Gasteiger partial charge in [0.15, 0.2) is 0 Å². The van der Waals surface area contributed by atoms with E-state index < -0.39 is 11.7 Å². The highest BCUT2D eigenvalue weighted by Crippen LogP contribution is 2.22. The lowest BCUT2D eigenvalue weighted by atomic mass is 10.2. The maximum absolute atomic E-state index is 11.4. The third-order valence-electron chi connectivity index (χ3n) is 1.52. The lowest BCUT2D eigenvalue weighted by molar-refractivity contribution is 0.0636. The Kier molecular flexibility index (Phi) is 3.71. The third kappa shape index (κ3) is 3.89. The van der Waals surface area contributed by atoms with Crippen molar-refractivity contribution in [1.82, 2.24) is 0 Å². The van der Waals surface area contributed by atoms with Crippen LogP contribution in [0.4, 0.5) is 10.5 Å². The summed E-state index contributed by atoms with van der Waals surface area (Å²) in [7, 11) is 0. The number of carbonyl (C=O) groups excluding carboxylic acids is 1. The average molecular weight is 229 g/mol. The highest BCUT2D eigenvalue weighted by molar-refractivity contribution is 7.10. The lowest BCUT2D eigenvalue weighted by Crippen LogP contribution is -2.27. The molecule has 0 saturated heterocycles. The number of ether oxygens (including phenoxy) is 1. The second-order valence-electron chi connectivity index (χ2n) is 4.04. The van der Waals surface area contributed by atoms with Crippen LogP contribution in [-0.4, -0.2) is 16.8 Å². The van der Waals surface area contributed by atoms with E-state index in [4.69, 9.17) is 9.84 Å². The maximum atomic E-state index is 11.4. The van der Waals surface area contributed by atoms with Gasteiger partial charge in [0.25, 0.3) is 0 Å². The predicted molar refractivity (Wildman–Crippen MR) is 60.1 cm³/mol. The Hall–Kier alpha value is -1.07. The van der Waals surface area contributed by atoms with E-state index >= 15 is 0 Å². The summed E-state index contributed by atoms with van der Waals surface area (Å²) in [5.41, 5.74) is 0.0937. The minimum Gasteiger partial charge on any atom is -0.444 e. The van der Waals surface area contributed by atoms with Crippen molar-refractivity contribution in [3.63, 3.8) is 0 Å². The van der Waals surface area contributed by atoms with Gasteiger partial charge in [-0.25, -0.2) is 4.79 Å². The van der Waals surface area contributed by atoms with Gasteiger partial charge in [-0.05, 0) is 32.2 Å². The zero-order valence-electron chi connectivity index (χ0n) is 9.03. The predicted octanol–water partition coefficient (Wildman–Crippen LogP) is 2.59. The summed E-state index contributed by atoms with van der Waals surface area (Å²) in [5.74, 6) is 0. The number of amides is 1. The number of carbonyl (C=O) groups is 1. The van der Waals surface area contributed by atoms with Crippen molar-refractivity contribution in [3.05, 3.63) is 16.3 Å². The minimum atomic E-state index is -0.514. The molecule has 0 radical (unpaired) electrons. The number of nitrogens with one attached hydrogen (secondary N) is 1. The molecule has 1 rings (SSSR count). The molecule has 0 saturated carbocycles. The molecule has 2 N–H and O–H groups in total. The molecule has 1 aromatic heterocycles. The molecule has 15 heavy (non-hydrogen) atoms. The van der Waals surface area contributed by atoms with Gasteiger partial charge >= 0.3 is 6.09 Å². The first-order valence-corrected chi connectivity index (χ1v) is 5.47. The summed E-state index contributed by atoms with van der Waals surface area (Å²) in [6.45, 7) is 5.32. The lowest BCUT2D eigenvalue weighted by Gasteiger charge is -2.19. The van der Waals surface area contributed by atoms with E-state index in [9.17, 15) is 4.79 Å². The molecule has 0 bridgehead atoms. The minimum absolute atomic E-state index is 0.0806. The molecule has 0 aliphatic heterocycles. The second kappa shape index (κ2) is 4.63. The molecule has 0 unspecified atom stereocenters. The van der Waals surface area contributed by atoms with Crippen LogP contribution < -0.4 is 5.32 Å². The Balaban J connectivity index is 2.59. The fourth-order valence-electron chi connectivity index (χ4n) is 0.988. The van der Waals surface area contributed by atoms with Crippen LogP contribution in [-0.2, 0) is 11.3 Å². The van der Waals surface area contributed by atoms with Crippen molar-refractivity contribution in [3.8, 4) is 0 Å². The van der Waals surface area contributed by atoms with Crippen LogP contribution in [0.5, 0.6) is 0 Å². The highest BCUT2D eigenvalue weighted by Gasteiger charge is 2.17. The number of rotatable bonds is 2. The Labute approximate surface area is 92.9 Å². The quantitative estimate of drug-likeness (QED) is 0.819. The molecule has 0 aliphatic carbocycles. The number of aliphatic hydroxyl groups excluding tert-OH is 1. The molecule has 4 nitrogen and oxygen atoms in total. The largest absolute Gasteiger partial charge is 0.444 e. The molecule has 0 fully saturated rings. The van der Waals surface area contributed by atoms with Gasteiger partial charge in [0, 0.05) is 0 Å². The molecule has 0 aromatic carbocycles. The van der Waals surface area contributed by atoms with Crippen molar-refractivity contribution in [1.29, 1.82) is 0 Å². The van der Waals surface area contributed by atoms with E-state index in [1.54, 1.807) is 32.2 Å². The summed E-state index contributed by atoms with van der Waals surface area (Å²) in [6, 6.07) is 1.74. The van der Waals surface area contributed by atoms with Crippen molar-refractivity contribution >= 4 is 23.1 Å². The summed E-state index contributed by atoms with van der Waals surface area (Å²) in [6.07, 6.45) is -0.504. The SMILES string of the molecule is CC(C)(C)OC(=O)Nc1ccsc1CO. The van der Waals surface area contributed by atoms with Crippen LogP contribution in [0.25, 0.3) is 0 Å². The van der Waals surface area contributed by atoms with Gasteiger partial charge in [0.05, 0.1) is 17.2 Å². The van der Waals surface area contributed by atoms with Crippen molar-refractivity contribution in [2.24, 2.45) is 0 Å². The molecule has 0 aliphatic rings. The summed E-state index contributed by atoms with van der Waals surface area (Å²) in [4.78, 5) is 12.1. The molecule has 0 atom stereocenters. The molecular formula is C10H15NO3S. The number of hydrogen-bond acceptors (Lipinski definition) is 4. The Morgan fingerprint density at radius 2 is 2.27 bits per heavy atom. The molecule has 1 heterocycles. The van der Waals surface area contributed by atoms with E-state index in [1.807, 2.05) is 0 Å². The van der Waals surface area contributed by atoms with E-state index in [-0.39, 0.29) is 6.61 Å². The van der Waals surface area contributed by atoms with Crippen molar-refractivity contribution in [2.75, 3.05) is 5.32 Å². The fraction of sp³-hybridized carbons (Fsp3) is 0.500. The van der Waals surface area contributed by atoms with Crippen molar-refractivity contribution < 1.29 is 14.6 Å². The van der Waals surface area contributed by atoms with E-state index in [1.165, 1.54) is 11.3 Å². The zero-order chi connectivity index (χ0) is 11.5. The molecule has 1 aromatic rings. The summed E-state index contributed by atoms with van der Waals surface area (Å²) in [5, 5.41) is 13.4. The van der Waals surface area contributed by atoms with Gasteiger partial charge in [-0.3, -0.25) is 5.32 Å². The number of hydrogen-bond donors (Lipinski definition) is 2. The van der Waals surface area contributed by atoms with Gasteiger partial charge in [-0.15, -0.1) is 11.3 Å². The second-order valence-corrected chi connectivity index (χ2v) is 5.04. The first kappa shape index (κ1) is 12.0. The Bertz CT molecular complexity index is 341. The molecule has 0 spiro atoms. The molecule has 1 amide bonds. The van der Waals surface area contributed by atoms with Crippen LogP contribution in [0.3, 0.4) is 0 Å². The summed E-state index contributed by atoms with van der Waals surface area (Å²) >= 11 is 1.39. The topological polar surface area (TPSA) is 58.6 Å².